The number of hydrogen-bond acceptors (Lipinski definition) is 5. The van der Waals surface area contributed by atoms with Gasteiger partial charge in [0.1, 0.15) is 0 Å². The molecule has 0 aromatic rings. The Morgan fingerprint density at radius 2 is 2.21 bits per heavy atom. The molecule has 2 rings (SSSR count). The highest BCUT2D eigenvalue weighted by atomic mass is 16.5. The van der Waals surface area contributed by atoms with Gasteiger partial charge in [0.15, 0.2) is 0 Å². The molecule has 1 aliphatic heterocycles. The first-order valence-corrected chi connectivity index (χ1v) is 7.13. The maximum absolute atomic E-state index is 11.2. The van der Waals surface area contributed by atoms with Gasteiger partial charge in [-0.25, -0.2) is 0 Å². The second-order valence-corrected chi connectivity index (χ2v) is 5.71. The maximum atomic E-state index is 11.2. The minimum Gasteiger partial charge on any atom is -0.469 e. The van der Waals surface area contributed by atoms with E-state index in [0.717, 1.165) is 25.9 Å². The third-order valence-corrected chi connectivity index (χ3v) is 3.94. The average molecular weight is 265 g/mol. The number of nitrogens with one attached hydrogen (secondary N) is 1. The molecule has 0 aromatic carbocycles. The number of hydrogen-bond donors (Lipinski definition) is 1. The largest absolute Gasteiger partial charge is 0.469 e. The second-order valence-electron chi connectivity index (χ2n) is 5.71. The molecule has 0 aromatic heterocycles. The van der Waals surface area contributed by atoms with Gasteiger partial charge >= 0.3 is 5.97 Å². The fourth-order valence-electron chi connectivity index (χ4n) is 2.87. The normalized spacial score (nSPS) is 27.8. The summed E-state index contributed by atoms with van der Waals surface area (Å²) >= 11 is 0. The first-order valence-electron chi connectivity index (χ1n) is 7.13. The SMILES string of the molecule is COC(=O)CCC1CC(NC2CC2)CN(CC#N)C1. The van der Waals surface area contributed by atoms with Gasteiger partial charge in [0.2, 0.25) is 0 Å². The molecular formula is C14H23N3O2. The van der Waals surface area contributed by atoms with E-state index in [2.05, 4.69) is 16.3 Å². The molecule has 1 saturated carbocycles. The Bertz CT molecular complexity index is 349. The lowest BCUT2D eigenvalue weighted by molar-refractivity contribution is -0.141. The van der Waals surface area contributed by atoms with Gasteiger partial charge in [-0.15, -0.1) is 0 Å². The van der Waals surface area contributed by atoms with Crippen molar-refractivity contribution in [2.45, 2.75) is 44.2 Å². The van der Waals surface area contributed by atoms with Gasteiger partial charge < -0.3 is 10.1 Å². The summed E-state index contributed by atoms with van der Waals surface area (Å²) in [5, 5.41) is 12.5. The van der Waals surface area contributed by atoms with Crippen LogP contribution in [0, 0.1) is 17.2 Å². The molecule has 1 saturated heterocycles. The first-order chi connectivity index (χ1) is 9.21. The van der Waals surface area contributed by atoms with E-state index in [1.54, 1.807) is 0 Å². The molecule has 0 bridgehead atoms. The van der Waals surface area contributed by atoms with Gasteiger partial charge in [0.05, 0.1) is 19.7 Å². The zero-order valence-electron chi connectivity index (χ0n) is 11.6. The molecule has 5 nitrogen and oxygen atoms in total. The van der Waals surface area contributed by atoms with E-state index in [0.29, 0.717) is 31.0 Å². The Morgan fingerprint density at radius 3 is 2.84 bits per heavy atom. The fourth-order valence-corrected chi connectivity index (χ4v) is 2.87. The number of methoxy groups -OCH3 is 1. The zero-order chi connectivity index (χ0) is 13.7. The average Bonchev–Trinajstić information content (AvgIpc) is 3.20. The third-order valence-electron chi connectivity index (χ3n) is 3.94. The van der Waals surface area contributed by atoms with Gasteiger partial charge in [-0.2, -0.15) is 5.26 Å². The van der Waals surface area contributed by atoms with Crippen LogP contribution in [-0.2, 0) is 9.53 Å². The lowest BCUT2D eigenvalue weighted by Crippen LogP contribution is -2.50. The minimum atomic E-state index is -0.135. The van der Waals surface area contributed by atoms with Crippen LogP contribution in [-0.4, -0.2) is 49.7 Å². The number of rotatable bonds is 6. The Hall–Kier alpha value is -1.12. The number of nitrogens with zero attached hydrogens (tertiary/aromatic N) is 2. The van der Waals surface area contributed by atoms with Crippen molar-refractivity contribution in [3.05, 3.63) is 0 Å². The predicted octanol–water partition coefficient (Wildman–Crippen LogP) is 0.906. The molecular weight excluding hydrogens is 242 g/mol. The van der Waals surface area contributed by atoms with E-state index in [9.17, 15) is 4.79 Å². The number of likely N-dealkylation sites (tertiary alicyclic amines) is 1. The molecule has 19 heavy (non-hydrogen) atoms. The highest BCUT2D eigenvalue weighted by Crippen LogP contribution is 2.25. The van der Waals surface area contributed by atoms with Crippen molar-refractivity contribution in [2.24, 2.45) is 5.92 Å². The lowest BCUT2D eigenvalue weighted by Gasteiger charge is -2.37. The van der Waals surface area contributed by atoms with E-state index >= 15 is 0 Å². The van der Waals surface area contributed by atoms with Gasteiger partial charge in [-0.3, -0.25) is 9.69 Å². The van der Waals surface area contributed by atoms with Crippen LogP contribution in [0.3, 0.4) is 0 Å². The molecule has 1 aliphatic carbocycles. The quantitative estimate of drug-likeness (QED) is 0.571. The summed E-state index contributed by atoms with van der Waals surface area (Å²) < 4.78 is 4.70. The number of carbonyl (C=O) groups is 1. The fraction of sp³-hybridized carbons (Fsp3) is 0.857. The predicted molar refractivity (Wildman–Crippen MR) is 71.4 cm³/mol. The first kappa shape index (κ1) is 14.3. The summed E-state index contributed by atoms with van der Waals surface area (Å²) in [5.74, 6) is 0.349. The number of piperidine rings is 1. The van der Waals surface area contributed by atoms with Crippen molar-refractivity contribution in [2.75, 3.05) is 26.7 Å². The van der Waals surface area contributed by atoms with Crippen LogP contribution in [0.25, 0.3) is 0 Å². The highest BCUT2D eigenvalue weighted by Gasteiger charge is 2.31. The van der Waals surface area contributed by atoms with Crippen molar-refractivity contribution < 1.29 is 9.53 Å². The summed E-state index contributed by atoms with van der Waals surface area (Å²) in [7, 11) is 1.43. The smallest absolute Gasteiger partial charge is 0.305 e. The Morgan fingerprint density at radius 1 is 1.42 bits per heavy atom. The molecule has 1 heterocycles. The van der Waals surface area contributed by atoms with Crippen molar-refractivity contribution >= 4 is 5.97 Å². The Balaban J connectivity index is 1.82. The van der Waals surface area contributed by atoms with E-state index in [4.69, 9.17) is 10.00 Å². The van der Waals surface area contributed by atoms with Crippen LogP contribution in [0.1, 0.15) is 32.1 Å². The molecule has 2 fully saturated rings. The summed E-state index contributed by atoms with van der Waals surface area (Å²) in [6.45, 7) is 2.36. The van der Waals surface area contributed by atoms with Gasteiger partial charge in [0.25, 0.3) is 0 Å². The molecule has 0 radical (unpaired) electrons. The number of ether oxygens (including phenoxy) is 1. The second kappa shape index (κ2) is 6.88. The molecule has 2 atom stereocenters. The molecule has 1 N–H and O–H groups in total. The number of nitriles is 1. The Kier molecular flexibility index (Phi) is 5.17. The van der Waals surface area contributed by atoms with Crippen molar-refractivity contribution in [3.8, 4) is 6.07 Å². The molecule has 106 valence electrons. The molecule has 5 heteroatoms. The van der Waals surface area contributed by atoms with Crippen molar-refractivity contribution in [3.63, 3.8) is 0 Å². The molecule has 0 amide bonds. The molecule has 2 aliphatic rings. The van der Waals surface area contributed by atoms with Crippen molar-refractivity contribution in [1.29, 1.82) is 5.26 Å². The van der Waals surface area contributed by atoms with Gasteiger partial charge in [-0.05, 0) is 31.6 Å². The minimum absolute atomic E-state index is 0.135. The summed E-state index contributed by atoms with van der Waals surface area (Å²) in [6.07, 6.45) is 5.01. The lowest BCUT2D eigenvalue weighted by atomic mass is 9.90. The molecule has 2 unspecified atom stereocenters. The number of carbonyl (C=O) groups excluding carboxylic acids is 1. The summed E-state index contributed by atoms with van der Waals surface area (Å²) in [4.78, 5) is 13.4. The van der Waals surface area contributed by atoms with Crippen LogP contribution in [0.15, 0.2) is 0 Å². The van der Waals surface area contributed by atoms with Crippen LogP contribution in [0.4, 0.5) is 0 Å². The van der Waals surface area contributed by atoms with E-state index in [1.165, 1.54) is 20.0 Å². The third kappa shape index (κ3) is 4.81. The number of esters is 1. The van der Waals surface area contributed by atoms with E-state index in [-0.39, 0.29) is 5.97 Å². The van der Waals surface area contributed by atoms with Crippen LogP contribution in [0.5, 0.6) is 0 Å². The highest BCUT2D eigenvalue weighted by molar-refractivity contribution is 5.69. The van der Waals surface area contributed by atoms with Gasteiger partial charge in [0, 0.05) is 31.6 Å². The van der Waals surface area contributed by atoms with Crippen molar-refractivity contribution in [1.82, 2.24) is 10.2 Å². The van der Waals surface area contributed by atoms with Crippen LogP contribution >= 0.6 is 0 Å². The topological polar surface area (TPSA) is 65.4 Å². The van der Waals surface area contributed by atoms with Gasteiger partial charge in [-0.1, -0.05) is 0 Å². The zero-order valence-corrected chi connectivity index (χ0v) is 11.6. The van der Waals surface area contributed by atoms with E-state index in [1.807, 2.05) is 0 Å². The molecule has 0 spiro atoms. The summed E-state index contributed by atoms with van der Waals surface area (Å²) in [5.41, 5.74) is 0. The standard InChI is InChI=1S/C14H23N3O2/c1-19-14(18)5-2-11-8-13(16-12-3-4-12)10-17(9-11)7-6-15/h11-13,16H,2-5,7-10H2,1H3. The maximum Gasteiger partial charge on any atom is 0.305 e. The summed E-state index contributed by atoms with van der Waals surface area (Å²) in [6, 6.07) is 3.39. The monoisotopic (exact) mass is 265 g/mol. The van der Waals surface area contributed by atoms with Crippen LogP contribution in [0.2, 0.25) is 0 Å². The van der Waals surface area contributed by atoms with E-state index < -0.39 is 0 Å². The van der Waals surface area contributed by atoms with Crippen LogP contribution < -0.4 is 5.32 Å². The Labute approximate surface area is 114 Å².